The van der Waals surface area contributed by atoms with E-state index in [2.05, 4.69) is 0 Å². The first kappa shape index (κ1) is 14.4. The Bertz CT molecular complexity index is 586. The molecule has 3 nitrogen and oxygen atoms in total. The topological polar surface area (TPSA) is 54.4 Å². The summed E-state index contributed by atoms with van der Waals surface area (Å²) in [4.78, 5) is 0. The third kappa shape index (κ3) is 2.95. The van der Waals surface area contributed by atoms with Gasteiger partial charge >= 0.3 is 0 Å². The fourth-order valence-electron chi connectivity index (χ4n) is 2.84. The maximum absolute atomic E-state index is 13.1. The standard InChI is InChI=1S/C13H16F2O3S/c1-19(17,18)12-3-2-6-13(12,16)8-9-4-5-10(14)11(15)7-9/h4-5,7,12,16H,2-3,6,8H2,1H3. The van der Waals surface area contributed by atoms with Crippen LogP contribution >= 0.6 is 0 Å². The molecule has 1 aromatic carbocycles. The molecule has 0 bridgehead atoms. The highest BCUT2D eigenvalue weighted by Gasteiger charge is 2.46. The minimum Gasteiger partial charge on any atom is -0.388 e. The second-order valence-corrected chi connectivity index (χ2v) is 7.47. The maximum atomic E-state index is 13.1. The first-order chi connectivity index (χ1) is 8.72. The van der Waals surface area contributed by atoms with Crippen molar-refractivity contribution in [3.8, 4) is 0 Å². The quantitative estimate of drug-likeness (QED) is 0.924. The summed E-state index contributed by atoms with van der Waals surface area (Å²) in [6.45, 7) is 0. The Balaban J connectivity index is 2.28. The summed E-state index contributed by atoms with van der Waals surface area (Å²) in [6, 6.07) is 3.36. The highest BCUT2D eigenvalue weighted by Crippen LogP contribution is 2.37. The summed E-state index contributed by atoms with van der Waals surface area (Å²) < 4.78 is 49.3. The summed E-state index contributed by atoms with van der Waals surface area (Å²) in [5.74, 6) is -1.95. The zero-order valence-electron chi connectivity index (χ0n) is 10.6. The fourth-order valence-corrected chi connectivity index (χ4v) is 4.43. The maximum Gasteiger partial charge on any atom is 0.159 e. The molecule has 0 saturated heterocycles. The van der Waals surface area contributed by atoms with E-state index < -0.39 is 32.3 Å². The van der Waals surface area contributed by atoms with Gasteiger partial charge in [-0.2, -0.15) is 0 Å². The van der Waals surface area contributed by atoms with Crippen LogP contribution in [-0.2, 0) is 16.3 Å². The molecule has 6 heteroatoms. The van der Waals surface area contributed by atoms with E-state index in [9.17, 15) is 22.3 Å². The van der Waals surface area contributed by atoms with Crippen LogP contribution in [0.5, 0.6) is 0 Å². The van der Waals surface area contributed by atoms with Crippen LogP contribution < -0.4 is 0 Å². The van der Waals surface area contributed by atoms with E-state index in [1.165, 1.54) is 6.07 Å². The van der Waals surface area contributed by atoms with Crippen molar-refractivity contribution in [2.24, 2.45) is 0 Å². The Morgan fingerprint density at radius 2 is 2.05 bits per heavy atom. The first-order valence-electron chi connectivity index (χ1n) is 6.07. The van der Waals surface area contributed by atoms with Crippen LogP contribution in [0, 0.1) is 11.6 Å². The van der Waals surface area contributed by atoms with Gasteiger partial charge in [0.2, 0.25) is 0 Å². The molecule has 0 aliphatic heterocycles. The van der Waals surface area contributed by atoms with Crippen molar-refractivity contribution in [1.82, 2.24) is 0 Å². The first-order valence-corrected chi connectivity index (χ1v) is 8.03. The van der Waals surface area contributed by atoms with Crippen LogP contribution in [-0.4, -0.2) is 30.6 Å². The lowest BCUT2D eigenvalue weighted by Crippen LogP contribution is -2.44. The molecule has 1 fully saturated rings. The van der Waals surface area contributed by atoms with Gasteiger partial charge in [-0.1, -0.05) is 6.07 Å². The van der Waals surface area contributed by atoms with Gasteiger partial charge in [0.25, 0.3) is 0 Å². The van der Waals surface area contributed by atoms with E-state index in [1.54, 1.807) is 0 Å². The van der Waals surface area contributed by atoms with Gasteiger partial charge in [0.15, 0.2) is 21.5 Å². The molecule has 0 heterocycles. The molecule has 1 aromatic rings. The molecule has 1 N–H and O–H groups in total. The molecule has 1 aliphatic carbocycles. The lowest BCUT2D eigenvalue weighted by molar-refractivity contribution is 0.0512. The van der Waals surface area contributed by atoms with Gasteiger partial charge in [-0.25, -0.2) is 17.2 Å². The molecule has 0 aromatic heterocycles. The van der Waals surface area contributed by atoms with Crippen LogP contribution in [0.1, 0.15) is 24.8 Å². The van der Waals surface area contributed by atoms with Crippen molar-refractivity contribution < 1.29 is 22.3 Å². The Hall–Kier alpha value is -1.01. The van der Waals surface area contributed by atoms with Crippen molar-refractivity contribution in [3.05, 3.63) is 35.4 Å². The number of aliphatic hydroxyl groups is 1. The van der Waals surface area contributed by atoms with Crippen LogP contribution in [0.3, 0.4) is 0 Å². The van der Waals surface area contributed by atoms with Crippen LogP contribution in [0.4, 0.5) is 8.78 Å². The molecule has 106 valence electrons. The van der Waals surface area contributed by atoms with Crippen molar-refractivity contribution >= 4 is 9.84 Å². The van der Waals surface area contributed by atoms with E-state index in [0.29, 0.717) is 24.8 Å². The highest BCUT2D eigenvalue weighted by molar-refractivity contribution is 7.91. The molecule has 0 radical (unpaired) electrons. The van der Waals surface area contributed by atoms with E-state index in [0.717, 1.165) is 18.4 Å². The van der Waals surface area contributed by atoms with Crippen LogP contribution in [0.25, 0.3) is 0 Å². The van der Waals surface area contributed by atoms with E-state index in [1.807, 2.05) is 0 Å². The van der Waals surface area contributed by atoms with Gasteiger partial charge in [0, 0.05) is 12.7 Å². The summed E-state index contributed by atoms with van der Waals surface area (Å²) in [7, 11) is -3.37. The predicted octanol–water partition coefficient (Wildman–Crippen LogP) is 1.84. The minimum atomic E-state index is -3.37. The number of hydrogen-bond acceptors (Lipinski definition) is 3. The Labute approximate surface area is 111 Å². The van der Waals surface area contributed by atoms with Crippen molar-refractivity contribution in [3.63, 3.8) is 0 Å². The van der Waals surface area contributed by atoms with Gasteiger partial charge < -0.3 is 5.11 Å². The second-order valence-electron chi connectivity index (χ2n) is 5.24. The molecule has 0 spiro atoms. The lowest BCUT2D eigenvalue weighted by Gasteiger charge is -2.29. The van der Waals surface area contributed by atoms with E-state index in [4.69, 9.17) is 0 Å². The van der Waals surface area contributed by atoms with E-state index in [-0.39, 0.29) is 6.42 Å². The SMILES string of the molecule is CS(=O)(=O)C1CCCC1(O)Cc1ccc(F)c(F)c1. The van der Waals surface area contributed by atoms with Gasteiger partial charge in [-0.15, -0.1) is 0 Å². The fraction of sp³-hybridized carbons (Fsp3) is 0.538. The predicted molar refractivity (Wildman–Crippen MR) is 67.5 cm³/mol. The Morgan fingerprint density at radius 1 is 1.37 bits per heavy atom. The molecule has 2 atom stereocenters. The Morgan fingerprint density at radius 3 is 2.63 bits per heavy atom. The average Bonchev–Trinajstić information content (AvgIpc) is 2.65. The molecular weight excluding hydrogens is 274 g/mol. The van der Waals surface area contributed by atoms with Crippen molar-refractivity contribution in [2.45, 2.75) is 36.5 Å². The molecule has 1 aliphatic rings. The molecule has 0 amide bonds. The molecular formula is C13H16F2O3S. The second kappa shape index (κ2) is 4.83. The average molecular weight is 290 g/mol. The summed E-state index contributed by atoms with van der Waals surface area (Å²) >= 11 is 0. The van der Waals surface area contributed by atoms with Crippen molar-refractivity contribution in [2.75, 3.05) is 6.26 Å². The van der Waals surface area contributed by atoms with Gasteiger partial charge in [0.05, 0.1) is 10.9 Å². The number of rotatable bonds is 3. The molecule has 2 unspecified atom stereocenters. The largest absolute Gasteiger partial charge is 0.388 e. The van der Waals surface area contributed by atoms with E-state index >= 15 is 0 Å². The lowest BCUT2D eigenvalue weighted by atomic mass is 9.92. The van der Waals surface area contributed by atoms with Crippen LogP contribution in [0.2, 0.25) is 0 Å². The van der Waals surface area contributed by atoms with Gasteiger partial charge in [-0.05, 0) is 37.0 Å². The number of hydrogen-bond donors (Lipinski definition) is 1. The molecule has 2 rings (SSSR count). The monoisotopic (exact) mass is 290 g/mol. The third-order valence-corrected chi connectivity index (χ3v) is 5.39. The Kier molecular flexibility index (Phi) is 3.66. The molecule has 1 saturated carbocycles. The number of benzene rings is 1. The third-order valence-electron chi connectivity index (χ3n) is 3.69. The normalized spacial score (nSPS) is 27.7. The van der Waals surface area contributed by atoms with Gasteiger partial charge in [-0.3, -0.25) is 0 Å². The molecule has 19 heavy (non-hydrogen) atoms. The van der Waals surface area contributed by atoms with Crippen molar-refractivity contribution in [1.29, 1.82) is 0 Å². The van der Waals surface area contributed by atoms with Crippen LogP contribution in [0.15, 0.2) is 18.2 Å². The summed E-state index contributed by atoms with van der Waals surface area (Å²) in [5.41, 5.74) is -0.991. The zero-order valence-corrected chi connectivity index (χ0v) is 11.4. The minimum absolute atomic E-state index is 0.0158. The zero-order chi connectivity index (χ0) is 14.3. The number of halogens is 2. The number of sulfone groups is 1. The van der Waals surface area contributed by atoms with Gasteiger partial charge in [0.1, 0.15) is 0 Å². The highest BCUT2D eigenvalue weighted by atomic mass is 32.2. The summed E-state index contributed by atoms with van der Waals surface area (Å²) in [6.07, 6.45) is 2.47. The summed E-state index contributed by atoms with van der Waals surface area (Å²) in [5, 5.41) is 9.67. The smallest absolute Gasteiger partial charge is 0.159 e.